The minimum absolute atomic E-state index is 0.414. The molecular formula is C55H37N. The second-order valence-corrected chi connectivity index (χ2v) is 14.9. The first-order valence-electron chi connectivity index (χ1n) is 19.4. The monoisotopic (exact) mass is 711 g/mol. The molecule has 9 aromatic carbocycles. The zero-order valence-electron chi connectivity index (χ0n) is 30.8. The van der Waals surface area contributed by atoms with Gasteiger partial charge in [0.1, 0.15) is 0 Å². The van der Waals surface area contributed by atoms with Crippen molar-refractivity contribution >= 4 is 17.1 Å². The highest BCUT2D eigenvalue weighted by molar-refractivity contribution is 5.96. The number of benzene rings is 9. The molecule has 0 fully saturated rings. The van der Waals surface area contributed by atoms with Gasteiger partial charge in [0.2, 0.25) is 0 Å². The number of hydrogen-bond donors (Lipinski definition) is 0. The summed E-state index contributed by atoms with van der Waals surface area (Å²) < 4.78 is 0. The lowest BCUT2D eigenvalue weighted by Crippen LogP contribution is -2.26. The molecule has 0 heterocycles. The van der Waals surface area contributed by atoms with Crippen LogP contribution in [0.15, 0.2) is 224 Å². The first-order chi connectivity index (χ1) is 27.8. The van der Waals surface area contributed by atoms with Gasteiger partial charge in [-0.25, -0.2) is 0 Å². The first-order valence-corrected chi connectivity index (χ1v) is 19.4. The smallest absolute Gasteiger partial charge is 0.0726 e. The topological polar surface area (TPSA) is 3.24 Å². The largest absolute Gasteiger partial charge is 0.310 e. The van der Waals surface area contributed by atoms with E-state index in [-0.39, 0.29) is 0 Å². The molecule has 0 N–H and O–H groups in total. The summed E-state index contributed by atoms with van der Waals surface area (Å²) in [7, 11) is 0. The van der Waals surface area contributed by atoms with E-state index in [0.29, 0.717) is 0 Å². The fourth-order valence-electron chi connectivity index (χ4n) is 9.41. The van der Waals surface area contributed by atoms with Crippen LogP contribution in [0.4, 0.5) is 17.1 Å². The van der Waals surface area contributed by atoms with E-state index in [4.69, 9.17) is 0 Å². The van der Waals surface area contributed by atoms with Gasteiger partial charge in [-0.15, -0.1) is 0 Å². The summed E-state index contributed by atoms with van der Waals surface area (Å²) >= 11 is 0. The van der Waals surface area contributed by atoms with E-state index in [0.717, 1.165) is 17.1 Å². The Morgan fingerprint density at radius 3 is 1.14 bits per heavy atom. The molecule has 1 heteroatoms. The van der Waals surface area contributed by atoms with Gasteiger partial charge in [-0.3, -0.25) is 0 Å². The van der Waals surface area contributed by atoms with Crippen LogP contribution < -0.4 is 4.90 Å². The molecule has 0 bridgehead atoms. The van der Waals surface area contributed by atoms with Crippen molar-refractivity contribution in [3.8, 4) is 55.6 Å². The predicted molar refractivity (Wildman–Crippen MR) is 234 cm³/mol. The van der Waals surface area contributed by atoms with Crippen LogP contribution in [0, 0.1) is 0 Å². The average Bonchev–Trinajstić information content (AvgIpc) is 3.75. The van der Waals surface area contributed by atoms with E-state index in [9.17, 15) is 0 Å². The van der Waals surface area contributed by atoms with E-state index in [1.54, 1.807) is 0 Å². The van der Waals surface area contributed by atoms with Gasteiger partial charge in [0.05, 0.1) is 5.41 Å². The van der Waals surface area contributed by atoms with Crippen molar-refractivity contribution in [2.45, 2.75) is 5.41 Å². The molecule has 56 heavy (non-hydrogen) atoms. The highest BCUT2D eigenvalue weighted by Gasteiger charge is 2.51. The van der Waals surface area contributed by atoms with Gasteiger partial charge >= 0.3 is 0 Å². The third kappa shape index (κ3) is 4.95. The molecule has 0 radical (unpaired) electrons. The summed E-state index contributed by atoms with van der Waals surface area (Å²) in [4.78, 5) is 2.43. The van der Waals surface area contributed by atoms with Crippen LogP contribution >= 0.6 is 0 Å². The third-order valence-electron chi connectivity index (χ3n) is 11.9. The van der Waals surface area contributed by atoms with Crippen molar-refractivity contribution in [1.29, 1.82) is 0 Å². The number of fused-ring (bicyclic) bond motifs is 10. The van der Waals surface area contributed by atoms with Crippen molar-refractivity contribution in [1.82, 2.24) is 0 Å². The van der Waals surface area contributed by atoms with Crippen LogP contribution in [0.3, 0.4) is 0 Å². The van der Waals surface area contributed by atoms with Crippen molar-refractivity contribution in [3.63, 3.8) is 0 Å². The summed E-state index contributed by atoms with van der Waals surface area (Å²) in [6.45, 7) is 0. The highest BCUT2D eigenvalue weighted by Crippen LogP contribution is 2.63. The maximum atomic E-state index is 2.47. The predicted octanol–water partition coefficient (Wildman–Crippen LogP) is 14.5. The zero-order valence-corrected chi connectivity index (χ0v) is 30.8. The SMILES string of the molecule is c1ccc(-c2ccc(-c3ccc(N(c4cccc(-c5ccccc5)c4)c4ccc5c(c4)C4(c6ccccc6-c6ccccc64)c4ccccc4-5)cc3)cc2)cc1. The van der Waals surface area contributed by atoms with Crippen LogP contribution in [-0.4, -0.2) is 0 Å². The molecule has 0 aliphatic heterocycles. The molecular weight excluding hydrogens is 675 g/mol. The van der Waals surface area contributed by atoms with Gasteiger partial charge in [0.25, 0.3) is 0 Å². The molecule has 0 amide bonds. The molecule has 0 atom stereocenters. The molecule has 2 aliphatic rings. The van der Waals surface area contributed by atoms with Crippen LogP contribution in [-0.2, 0) is 5.41 Å². The van der Waals surface area contributed by atoms with Crippen molar-refractivity contribution in [2.24, 2.45) is 0 Å². The molecule has 2 aliphatic carbocycles. The van der Waals surface area contributed by atoms with Gasteiger partial charge < -0.3 is 4.90 Å². The first kappa shape index (κ1) is 32.2. The molecule has 1 spiro atoms. The Kier molecular flexibility index (Phi) is 7.47. The molecule has 0 saturated heterocycles. The molecule has 262 valence electrons. The molecule has 11 rings (SSSR count). The number of nitrogens with zero attached hydrogens (tertiary/aromatic N) is 1. The molecule has 0 unspecified atom stereocenters. The standard InChI is InChI=1S/C55H37N/c1-3-14-38(15-4-1)40-26-28-41(29-27-40)42-30-32-44(33-31-42)56(45-19-13-18-43(36-45)39-16-5-2-6-17-39)46-34-35-50-49-22-9-12-25-53(49)55(54(50)37-46)51-23-10-7-20-47(51)48-21-8-11-24-52(48)55/h1-37H. The Hall–Kier alpha value is -7.22. The Labute approximate surface area is 328 Å². The van der Waals surface area contributed by atoms with E-state index in [2.05, 4.69) is 229 Å². The fourth-order valence-corrected chi connectivity index (χ4v) is 9.41. The van der Waals surface area contributed by atoms with Crippen molar-refractivity contribution in [2.75, 3.05) is 4.90 Å². The molecule has 9 aromatic rings. The molecule has 0 aromatic heterocycles. The fraction of sp³-hybridized carbons (Fsp3) is 0.0182. The van der Waals surface area contributed by atoms with Gasteiger partial charge in [0.15, 0.2) is 0 Å². The minimum atomic E-state index is -0.414. The number of rotatable bonds is 6. The van der Waals surface area contributed by atoms with Gasteiger partial charge in [0, 0.05) is 17.1 Å². The van der Waals surface area contributed by atoms with Crippen LogP contribution in [0.1, 0.15) is 22.3 Å². The van der Waals surface area contributed by atoms with Crippen molar-refractivity contribution < 1.29 is 0 Å². The Morgan fingerprint density at radius 2 is 0.607 bits per heavy atom. The summed E-state index contributed by atoms with van der Waals surface area (Å²) in [5.74, 6) is 0. The quantitative estimate of drug-likeness (QED) is 0.166. The minimum Gasteiger partial charge on any atom is -0.310 e. The maximum absolute atomic E-state index is 2.47. The third-order valence-corrected chi connectivity index (χ3v) is 11.9. The lowest BCUT2D eigenvalue weighted by molar-refractivity contribution is 0.793. The van der Waals surface area contributed by atoms with E-state index < -0.39 is 5.41 Å². The lowest BCUT2D eigenvalue weighted by atomic mass is 9.70. The summed E-state index contributed by atoms with van der Waals surface area (Å²) in [6, 6.07) is 82.4. The molecule has 1 nitrogen and oxygen atoms in total. The zero-order chi connectivity index (χ0) is 37.1. The number of anilines is 3. The second-order valence-electron chi connectivity index (χ2n) is 14.9. The summed E-state index contributed by atoms with van der Waals surface area (Å²) in [6.07, 6.45) is 0. The van der Waals surface area contributed by atoms with E-state index >= 15 is 0 Å². The van der Waals surface area contributed by atoms with Crippen LogP contribution in [0.2, 0.25) is 0 Å². The Balaban J connectivity index is 1.08. The normalized spacial score (nSPS) is 12.8. The second kappa shape index (κ2) is 13.0. The maximum Gasteiger partial charge on any atom is 0.0726 e. The highest BCUT2D eigenvalue weighted by atomic mass is 15.1. The van der Waals surface area contributed by atoms with Gasteiger partial charge in [-0.2, -0.15) is 0 Å². The van der Waals surface area contributed by atoms with E-state index in [1.165, 1.54) is 77.9 Å². The van der Waals surface area contributed by atoms with Crippen molar-refractivity contribution in [3.05, 3.63) is 247 Å². The number of hydrogen-bond acceptors (Lipinski definition) is 1. The summed E-state index contributed by atoms with van der Waals surface area (Å²) in [5.41, 5.74) is 20.8. The Morgan fingerprint density at radius 1 is 0.232 bits per heavy atom. The lowest BCUT2D eigenvalue weighted by Gasteiger charge is -2.32. The van der Waals surface area contributed by atoms with Gasteiger partial charge in [-0.05, 0) is 114 Å². The molecule has 0 saturated carbocycles. The summed E-state index contributed by atoms with van der Waals surface area (Å²) in [5, 5.41) is 0. The van der Waals surface area contributed by atoms with Crippen LogP contribution in [0.5, 0.6) is 0 Å². The average molecular weight is 712 g/mol. The van der Waals surface area contributed by atoms with E-state index in [1.807, 2.05) is 0 Å². The van der Waals surface area contributed by atoms with Crippen LogP contribution in [0.25, 0.3) is 55.6 Å². The van der Waals surface area contributed by atoms with Gasteiger partial charge in [-0.1, -0.05) is 188 Å². The Bertz CT molecular complexity index is 2820.